The summed E-state index contributed by atoms with van der Waals surface area (Å²) in [6.07, 6.45) is 7.35. The Hall–Kier alpha value is -3.19. The van der Waals surface area contributed by atoms with Gasteiger partial charge in [0.1, 0.15) is 11.4 Å². The van der Waals surface area contributed by atoms with E-state index in [0.717, 1.165) is 49.8 Å². The molecule has 0 spiro atoms. The van der Waals surface area contributed by atoms with Crippen LogP contribution in [0.15, 0.2) is 55.1 Å². The number of anilines is 1. The highest BCUT2D eigenvalue weighted by Gasteiger charge is 2.25. The first-order chi connectivity index (χ1) is 15.0. The maximum absolute atomic E-state index is 12.7. The van der Waals surface area contributed by atoms with Gasteiger partial charge in [0.15, 0.2) is 0 Å². The van der Waals surface area contributed by atoms with Crippen molar-refractivity contribution in [3.63, 3.8) is 0 Å². The Balaban J connectivity index is 1.44. The molecule has 0 unspecified atom stereocenters. The first kappa shape index (κ1) is 21.1. The lowest BCUT2D eigenvalue weighted by Crippen LogP contribution is -2.47. The van der Waals surface area contributed by atoms with E-state index in [2.05, 4.69) is 48.7 Å². The molecule has 0 aliphatic carbocycles. The molecule has 162 valence electrons. The number of esters is 1. The monoisotopic (exact) mass is 419 g/mol. The molecule has 0 N–H and O–H groups in total. The molecule has 3 aromatic heterocycles. The van der Waals surface area contributed by atoms with Gasteiger partial charge in [-0.15, -0.1) is 0 Å². The molecule has 7 nitrogen and oxygen atoms in total. The number of ether oxygens (including phenoxy) is 1. The molecule has 4 heterocycles. The van der Waals surface area contributed by atoms with Crippen LogP contribution in [0.25, 0.3) is 5.69 Å². The van der Waals surface area contributed by atoms with Gasteiger partial charge in [-0.3, -0.25) is 9.88 Å². The molecule has 0 atom stereocenters. The Labute approximate surface area is 183 Å². The van der Waals surface area contributed by atoms with Crippen molar-refractivity contribution < 1.29 is 9.53 Å². The Morgan fingerprint density at radius 3 is 2.61 bits per heavy atom. The number of pyridine rings is 2. The summed E-state index contributed by atoms with van der Waals surface area (Å²) in [6, 6.07) is 10.1. The number of carbonyl (C=O) groups is 1. The van der Waals surface area contributed by atoms with Crippen LogP contribution in [0.4, 0.5) is 5.82 Å². The number of nitrogens with zero attached hydrogens (tertiary/aromatic N) is 5. The molecular weight excluding hydrogens is 390 g/mol. The second-order valence-corrected chi connectivity index (χ2v) is 8.12. The Kier molecular flexibility index (Phi) is 6.32. The Morgan fingerprint density at radius 2 is 1.90 bits per heavy atom. The molecule has 4 rings (SSSR count). The average Bonchev–Trinajstić information content (AvgIpc) is 3.22. The second kappa shape index (κ2) is 9.31. The molecule has 0 saturated carbocycles. The van der Waals surface area contributed by atoms with Crippen LogP contribution in [-0.4, -0.2) is 57.7 Å². The van der Waals surface area contributed by atoms with Gasteiger partial charge in [0, 0.05) is 57.0 Å². The van der Waals surface area contributed by atoms with Crippen LogP contribution in [-0.2, 0) is 11.3 Å². The van der Waals surface area contributed by atoms with Gasteiger partial charge in [0.05, 0.1) is 18.0 Å². The summed E-state index contributed by atoms with van der Waals surface area (Å²) >= 11 is 0. The first-order valence-corrected chi connectivity index (χ1v) is 10.7. The van der Waals surface area contributed by atoms with Crippen molar-refractivity contribution in [1.29, 1.82) is 0 Å². The van der Waals surface area contributed by atoms with Gasteiger partial charge >= 0.3 is 5.97 Å². The smallest absolute Gasteiger partial charge is 0.342 e. The lowest BCUT2D eigenvalue weighted by molar-refractivity contribution is 0.0377. The van der Waals surface area contributed by atoms with Crippen LogP contribution in [0.2, 0.25) is 0 Å². The van der Waals surface area contributed by atoms with Gasteiger partial charge in [0.2, 0.25) is 0 Å². The van der Waals surface area contributed by atoms with E-state index >= 15 is 0 Å². The number of aryl methyl sites for hydroxylation is 1. The van der Waals surface area contributed by atoms with Gasteiger partial charge < -0.3 is 14.2 Å². The fraction of sp³-hybridized carbons (Fsp3) is 0.375. The fourth-order valence-corrected chi connectivity index (χ4v) is 3.95. The van der Waals surface area contributed by atoms with Crippen LogP contribution in [0.1, 0.15) is 35.5 Å². The lowest BCUT2D eigenvalue weighted by atomic mass is 10.1. The third-order valence-corrected chi connectivity index (χ3v) is 5.50. The summed E-state index contributed by atoms with van der Waals surface area (Å²) in [7, 11) is 0. The predicted molar refractivity (Wildman–Crippen MR) is 121 cm³/mol. The van der Waals surface area contributed by atoms with Crippen LogP contribution in [0.5, 0.6) is 0 Å². The van der Waals surface area contributed by atoms with Gasteiger partial charge in [0.25, 0.3) is 0 Å². The van der Waals surface area contributed by atoms with E-state index in [1.165, 1.54) is 5.69 Å². The van der Waals surface area contributed by atoms with Crippen LogP contribution in [0.3, 0.4) is 0 Å². The van der Waals surface area contributed by atoms with E-state index in [4.69, 9.17) is 4.74 Å². The van der Waals surface area contributed by atoms with E-state index < -0.39 is 0 Å². The number of carbonyl (C=O) groups excluding carboxylic acids is 1. The fourth-order valence-electron chi connectivity index (χ4n) is 3.95. The highest BCUT2D eigenvalue weighted by Crippen LogP contribution is 2.24. The normalized spacial score (nSPS) is 14.8. The molecular formula is C24H29N5O2. The summed E-state index contributed by atoms with van der Waals surface area (Å²) in [5.41, 5.74) is 3.78. The molecule has 1 fully saturated rings. The quantitative estimate of drug-likeness (QED) is 0.570. The molecule has 0 bridgehead atoms. The maximum atomic E-state index is 12.7. The maximum Gasteiger partial charge on any atom is 0.342 e. The summed E-state index contributed by atoms with van der Waals surface area (Å²) in [5.74, 6) is 0.427. The molecule has 0 aromatic carbocycles. The third kappa shape index (κ3) is 4.77. The zero-order chi connectivity index (χ0) is 21.8. The van der Waals surface area contributed by atoms with Crippen LogP contribution < -0.4 is 4.90 Å². The molecule has 1 aliphatic rings. The van der Waals surface area contributed by atoms with Gasteiger partial charge in [-0.1, -0.05) is 0 Å². The van der Waals surface area contributed by atoms with E-state index in [0.29, 0.717) is 5.56 Å². The topological polar surface area (TPSA) is 63.5 Å². The predicted octanol–water partition coefficient (Wildman–Crippen LogP) is 3.46. The third-order valence-electron chi connectivity index (χ3n) is 5.50. The van der Waals surface area contributed by atoms with Crippen LogP contribution in [0, 0.1) is 6.92 Å². The molecule has 1 saturated heterocycles. The minimum atomic E-state index is -0.299. The zero-order valence-corrected chi connectivity index (χ0v) is 18.4. The summed E-state index contributed by atoms with van der Waals surface area (Å²) in [5, 5.41) is 0. The van der Waals surface area contributed by atoms with Crippen molar-refractivity contribution in [3.8, 4) is 5.69 Å². The van der Waals surface area contributed by atoms with E-state index in [-0.39, 0.29) is 12.1 Å². The number of hydrogen-bond acceptors (Lipinski definition) is 6. The number of rotatable bonds is 6. The molecule has 1 aliphatic heterocycles. The van der Waals surface area contributed by atoms with E-state index in [1.54, 1.807) is 12.4 Å². The standard InChI is InChI=1S/C24H29N5O2/c1-18(2)31-24(30)22-19(3)8-10-26-23(22)28-14-12-27(13-15-28)17-21-7-5-11-29(21)20-6-4-9-25-16-20/h4-11,16,18H,12-15,17H2,1-3H3. The number of hydrogen-bond donors (Lipinski definition) is 0. The second-order valence-electron chi connectivity index (χ2n) is 8.12. The van der Waals surface area contributed by atoms with Crippen molar-refractivity contribution in [2.45, 2.75) is 33.4 Å². The van der Waals surface area contributed by atoms with Crippen LogP contribution >= 0.6 is 0 Å². The highest BCUT2D eigenvalue weighted by molar-refractivity contribution is 5.96. The molecule has 7 heteroatoms. The van der Waals surface area contributed by atoms with E-state index in [1.807, 2.05) is 39.1 Å². The lowest BCUT2D eigenvalue weighted by Gasteiger charge is -2.36. The zero-order valence-electron chi connectivity index (χ0n) is 18.4. The van der Waals surface area contributed by atoms with Crippen molar-refractivity contribution in [1.82, 2.24) is 19.4 Å². The number of aromatic nitrogens is 3. The largest absolute Gasteiger partial charge is 0.459 e. The number of piperazine rings is 1. The van der Waals surface area contributed by atoms with E-state index in [9.17, 15) is 4.79 Å². The Morgan fingerprint density at radius 1 is 1.10 bits per heavy atom. The summed E-state index contributed by atoms with van der Waals surface area (Å²) in [4.78, 5) is 26.1. The molecule has 0 amide bonds. The average molecular weight is 420 g/mol. The van der Waals surface area contributed by atoms with Crippen molar-refractivity contribution >= 4 is 11.8 Å². The molecule has 0 radical (unpaired) electrons. The van der Waals surface area contributed by atoms with Crippen molar-refractivity contribution in [3.05, 3.63) is 71.9 Å². The molecule has 31 heavy (non-hydrogen) atoms. The van der Waals surface area contributed by atoms with Gasteiger partial charge in [-0.05, 0) is 56.7 Å². The first-order valence-electron chi connectivity index (χ1n) is 10.7. The highest BCUT2D eigenvalue weighted by atomic mass is 16.5. The van der Waals surface area contributed by atoms with Crippen molar-refractivity contribution in [2.75, 3.05) is 31.1 Å². The minimum Gasteiger partial charge on any atom is -0.459 e. The summed E-state index contributed by atoms with van der Waals surface area (Å²) in [6.45, 7) is 9.94. The van der Waals surface area contributed by atoms with Crippen molar-refractivity contribution in [2.24, 2.45) is 0 Å². The summed E-state index contributed by atoms with van der Waals surface area (Å²) < 4.78 is 7.65. The van der Waals surface area contributed by atoms with Gasteiger partial charge in [-0.25, -0.2) is 9.78 Å². The molecule has 3 aromatic rings. The minimum absolute atomic E-state index is 0.159. The van der Waals surface area contributed by atoms with Gasteiger partial charge in [-0.2, -0.15) is 0 Å². The Bertz CT molecular complexity index is 1020. The SMILES string of the molecule is Cc1ccnc(N2CCN(Cc3cccn3-c3cccnc3)CC2)c1C(=O)OC(C)C.